The van der Waals surface area contributed by atoms with Gasteiger partial charge in [0, 0.05) is 6.20 Å². The van der Waals surface area contributed by atoms with Gasteiger partial charge in [0.15, 0.2) is 12.3 Å². The van der Waals surface area contributed by atoms with E-state index in [1.54, 1.807) is 44.2 Å². The lowest BCUT2D eigenvalue weighted by Crippen LogP contribution is -2.57. The highest BCUT2D eigenvalue weighted by atomic mass is 31.2. The first-order chi connectivity index (χ1) is 20.1. The van der Waals surface area contributed by atoms with Crippen LogP contribution < -0.4 is 21.0 Å². The molecule has 12 nitrogen and oxygen atoms in total. The average Bonchev–Trinajstić information content (AvgIpc) is 3.12. The smallest absolute Gasteiger partial charge is 0.459 e. The Balaban J connectivity index is 1.68. The molecular weight excluding hydrogens is 603 g/mol. The van der Waals surface area contributed by atoms with Crippen LogP contribution >= 0.6 is 7.75 Å². The lowest BCUT2D eigenvalue weighted by Gasteiger charge is -2.34. The number of carbonyl (C=O) groups is 1. The number of benzene rings is 2. The zero-order valence-corrected chi connectivity index (χ0v) is 23.9. The number of hydrogen-bond donors (Lipinski definition) is 3. The normalized spacial score (nSPS) is 23.8. The van der Waals surface area contributed by atoms with E-state index in [9.17, 15) is 28.0 Å². The highest BCUT2D eigenvalue weighted by Crippen LogP contribution is 2.54. The molecule has 0 aliphatic carbocycles. The molecule has 4 N–H and O–H groups in total. The Labute approximate surface area is 242 Å². The molecule has 0 unspecified atom stereocenters. The number of ether oxygens (including phenoxy) is 2. The number of anilines is 1. The monoisotopic (exact) mass is 632 g/mol. The fourth-order valence-electron chi connectivity index (χ4n) is 4.26. The Morgan fingerprint density at radius 2 is 1.86 bits per heavy atom. The Morgan fingerprint density at radius 1 is 1.19 bits per heavy atom. The van der Waals surface area contributed by atoms with E-state index < -0.39 is 68.4 Å². The maximum Gasteiger partial charge on any atom is 0.459 e. The Bertz CT molecular complexity index is 1590. The molecule has 0 amide bonds. The molecule has 2 heterocycles. The van der Waals surface area contributed by atoms with Gasteiger partial charge >= 0.3 is 25.3 Å². The molecule has 3 aromatic rings. The summed E-state index contributed by atoms with van der Waals surface area (Å²) in [6.07, 6.45) is -9.18. The van der Waals surface area contributed by atoms with E-state index >= 15 is 8.78 Å². The van der Waals surface area contributed by atoms with Crippen molar-refractivity contribution in [3.8, 4) is 5.75 Å². The van der Waals surface area contributed by atoms with Crippen molar-refractivity contribution in [1.29, 1.82) is 0 Å². The summed E-state index contributed by atoms with van der Waals surface area (Å²) in [5.41, 5.74) is 0.183. The molecule has 1 aliphatic rings. The van der Waals surface area contributed by atoms with Crippen molar-refractivity contribution in [2.45, 2.75) is 63.2 Å². The van der Waals surface area contributed by atoms with Crippen LogP contribution in [-0.2, 0) is 23.4 Å². The zero-order chi connectivity index (χ0) is 31.7. The second-order valence-corrected chi connectivity index (χ2v) is 11.7. The zero-order valence-electron chi connectivity index (χ0n) is 23.0. The molecule has 1 aromatic heterocycles. The second-order valence-electron chi connectivity index (χ2n) is 10.0. The molecule has 43 heavy (non-hydrogen) atoms. The number of nitrogens with one attached hydrogen (secondary N) is 1. The Kier molecular flexibility index (Phi) is 9.19. The number of nitrogens with two attached hydrogens (primary N) is 1. The maximum atomic E-state index is 15.4. The number of nitrogen functional groups attached to an aromatic ring is 1. The molecule has 17 heteroatoms. The molecule has 0 bridgehead atoms. The summed E-state index contributed by atoms with van der Waals surface area (Å²) in [5, 5.41) is 14.0. The summed E-state index contributed by atoms with van der Waals surface area (Å²) in [6.45, 7) is 2.46. The van der Waals surface area contributed by atoms with E-state index in [4.69, 9.17) is 24.3 Å². The number of alkyl halides is 4. The average molecular weight is 633 g/mol. The molecule has 0 spiro atoms. The fraction of sp³-hybridized carbons (Fsp3) is 0.423. The van der Waals surface area contributed by atoms with Crippen LogP contribution in [0.4, 0.5) is 23.4 Å². The topological polar surface area (TPSA) is 164 Å². The number of fused-ring (bicyclic) bond motifs is 1. The van der Waals surface area contributed by atoms with E-state index in [0.29, 0.717) is 9.95 Å². The highest BCUT2D eigenvalue weighted by molar-refractivity contribution is 7.52. The van der Waals surface area contributed by atoms with Crippen LogP contribution in [0, 0.1) is 0 Å². The highest BCUT2D eigenvalue weighted by Gasteiger charge is 2.74. The van der Waals surface area contributed by atoms with Crippen molar-refractivity contribution in [1.82, 2.24) is 14.6 Å². The standard InChI is InChI=1S/C26H29F4N4O8P/c1-14(2)40-22(36)15(3)33-43(38,42-18-9-8-16-6-4-5-7-17(16)12-18)39-13-25(23(27)28)26(29,30)20(35)21(41-25)34-11-10-19(31)32-24(34)37/h4-12,14-15,20-21,23,35H,13H2,1-3H3,(H,33,38)(H2,31,32,37)/t15-,20+,21+,25-,43-/m0/s1. The van der Waals surface area contributed by atoms with E-state index in [0.717, 1.165) is 17.6 Å². The van der Waals surface area contributed by atoms with Crippen molar-refractivity contribution < 1.29 is 50.5 Å². The number of nitrogens with zero attached hydrogens (tertiary/aromatic N) is 2. The lowest BCUT2D eigenvalue weighted by molar-refractivity contribution is -0.242. The molecule has 4 rings (SSSR count). The molecule has 2 aromatic carbocycles. The van der Waals surface area contributed by atoms with Crippen LogP contribution in [0.2, 0.25) is 0 Å². The van der Waals surface area contributed by atoms with E-state index in [2.05, 4.69) is 10.1 Å². The van der Waals surface area contributed by atoms with Gasteiger partial charge in [0.25, 0.3) is 6.43 Å². The summed E-state index contributed by atoms with van der Waals surface area (Å²) in [4.78, 5) is 28.0. The van der Waals surface area contributed by atoms with Crippen molar-refractivity contribution in [2.75, 3.05) is 12.3 Å². The van der Waals surface area contributed by atoms with Crippen molar-refractivity contribution in [3.05, 3.63) is 65.2 Å². The molecule has 0 radical (unpaired) electrons. The number of aromatic nitrogens is 2. The number of carbonyl (C=O) groups excluding carboxylic acids is 1. The van der Waals surface area contributed by atoms with E-state index in [1.807, 2.05) is 0 Å². The van der Waals surface area contributed by atoms with Gasteiger partial charge in [-0.25, -0.2) is 18.1 Å². The predicted molar refractivity (Wildman–Crippen MR) is 145 cm³/mol. The van der Waals surface area contributed by atoms with Crippen LogP contribution in [0.15, 0.2) is 59.5 Å². The SMILES string of the molecule is CC(C)OC(=O)[C@H](C)N[P@](=O)(OC[C@@]1(C(F)F)O[C@@H](n2ccc(N)nc2=O)[C@@H](O)C1(F)F)Oc1ccc2ccccc2c1. The number of aliphatic hydroxyl groups is 1. The number of esters is 1. The van der Waals surface area contributed by atoms with Gasteiger partial charge in [0.05, 0.1) is 12.7 Å². The molecule has 1 fully saturated rings. The van der Waals surface area contributed by atoms with Gasteiger partial charge < -0.3 is 24.8 Å². The van der Waals surface area contributed by atoms with Gasteiger partial charge in [0.2, 0.25) is 5.60 Å². The molecule has 1 saturated heterocycles. The first kappa shape index (κ1) is 32.4. The van der Waals surface area contributed by atoms with E-state index in [1.165, 1.54) is 19.1 Å². The first-order valence-corrected chi connectivity index (χ1v) is 14.4. The summed E-state index contributed by atoms with van der Waals surface area (Å²) < 4.78 is 94.8. The Morgan fingerprint density at radius 3 is 2.49 bits per heavy atom. The van der Waals surface area contributed by atoms with Gasteiger partial charge in [0.1, 0.15) is 17.6 Å². The Hall–Kier alpha value is -3.56. The third kappa shape index (κ3) is 6.53. The largest absolute Gasteiger partial charge is 0.462 e. The molecule has 0 saturated carbocycles. The summed E-state index contributed by atoms with van der Waals surface area (Å²) >= 11 is 0. The van der Waals surface area contributed by atoms with Gasteiger partial charge in [-0.3, -0.25) is 13.9 Å². The lowest BCUT2D eigenvalue weighted by atomic mass is 9.95. The van der Waals surface area contributed by atoms with Crippen LogP contribution in [0.25, 0.3) is 10.8 Å². The van der Waals surface area contributed by atoms with Gasteiger partial charge in [-0.15, -0.1) is 0 Å². The maximum absolute atomic E-state index is 15.4. The molecule has 1 aliphatic heterocycles. The van der Waals surface area contributed by atoms with Gasteiger partial charge in [-0.05, 0) is 49.7 Å². The predicted octanol–water partition coefficient (Wildman–Crippen LogP) is 3.64. The minimum atomic E-state index is -4.97. The molecule has 234 valence electrons. The van der Waals surface area contributed by atoms with Crippen molar-refractivity contribution in [3.63, 3.8) is 0 Å². The summed E-state index contributed by atoms with van der Waals surface area (Å²) in [5.74, 6) is -6.13. The number of halogens is 4. The minimum absolute atomic E-state index is 0.124. The van der Waals surface area contributed by atoms with E-state index in [-0.39, 0.29) is 11.6 Å². The number of aliphatic hydroxyl groups excluding tert-OH is 1. The third-order valence-corrected chi connectivity index (χ3v) is 8.09. The van der Waals surface area contributed by atoms with Gasteiger partial charge in [-0.1, -0.05) is 30.3 Å². The summed E-state index contributed by atoms with van der Waals surface area (Å²) in [7, 11) is -4.97. The second kappa shape index (κ2) is 12.2. The summed E-state index contributed by atoms with van der Waals surface area (Å²) in [6, 6.07) is 10.9. The van der Waals surface area contributed by atoms with Gasteiger partial charge in [-0.2, -0.15) is 18.9 Å². The fourth-order valence-corrected chi connectivity index (χ4v) is 5.78. The first-order valence-electron chi connectivity index (χ1n) is 12.9. The number of hydrogen-bond acceptors (Lipinski definition) is 10. The minimum Gasteiger partial charge on any atom is -0.462 e. The third-order valence-electron chi connectivity index (χ3n) is 6.47. The molecule has 5 atom stereocenters. The van der Waals surface area contributed by atoms with Crippen molar-refractivity contribution in [2.24, 2.45) is 0 Å². The van der Waals surface area contributed by atoms with Crippen LogP contribution in [-0.4, -0.2) is 63.4 Å². The quantitative estimate of drug-likeness (QED) is 0.161. The number of rotatable bonds is 11. The van der Waals surface area contributed by atoms with Crippen molar-refractivity contribution >= 4 is 30.3 Å². The molecular formula is C26H29F4N4O8P. The van der Waals surface area contributed by atoms with Crippen LogP contribution in [0.3, 0.4) is 0 Å². The van der Waals surface area contributed by atoms with Crippen LogP contribution in [0.5, 0.6) is 5.75 Å². The van der Waals surface area contributed by atoms with Crippen LogP contribution in [0.1, 0.15) is 27.0 Å².